The van der Waals surface area contributed by atoms with Gasteiger partial charge in [-0.25, -0.2) is 0 Å². The zero-order chi connectivity index (χ0) is 10.8. The number of hydrogen-bond donors (Lipinski definition) is 0. The second-order valence-electron chi connectivity index (χ2n) is 3.25. The molecule has 1 heterocycles. The fourth-order valence-electron chi connectivity index (χ4n) is 1.48. The summed E-state index contributed by atoms with van der Waals surface area (Å²) in [6.07, 6.45) is 1.31. The van der Waals surface area contributed by atoms with E-state index in [1.54, 1.807) is 0 Å². The van der Waals surface area contributed by atoms with Crippen molar-refractivity contribution in [3.05, 3.63) is 0 Å². The van der Waals surface area contributed by atoms with Crippen LogP contribution < -0.4 is 0 Å². The van der Waals surface area contributed by atoms with Crippen molar-refractivity contribution in [2.75, 3.05) is 13.1 Å². The first kappa shape index (κ1) is 12.4. The molecule has 6 heteroatoms. The van der Waals surface area contributed by atoms with Crippen LogP contribution in [0, 0.1) is 0 Å². The van der Waals surface area contributed by atoms with Gasteiger partial charge >= 0.3 is 5.97 Å². The van der Waals surface area contributed by atoms with Crippen LogP contribution in [0.4, 0.5) is 0 Å². The molecule has 0 spiro atoms. The summed E-state index contributed by atoms with van der Waals surface area (Å²) in [6.45, 7) is 2.90. The molecule has 1 aliphatic rings. The molecule has 1 aliphatic heterocycles. The number of carbonyl (C=O) groups excluding carboxylic acids is 1. The van der Waals surface area contributed by atoms with E-state index in [9.17, 15) is 4.79 Å². The topological polar surface area (TPSA) is 29.5 Å². The lowest BCUT2D eigenvalue weighted by Crippen LogP contribution is -2.45. The summed E-state index contributed by atoms with van der Waals surface area (Å²) < 4.78 is 3.40. The molecule has 82 valence electrons. The average Bonchev–Trinajstić information content (AvgIpc) is 2.49. The first-order valence-corrected chi connectivity index (χ1v) is 5.52. The van der Waals surface area contributed by atoms with E-state index in [-0.39, 0.29) is 0 Å². The maximum atomic E-state index is 10.8. The Kier molecular flexibility index (Phi) is 4.31. The summed E-state index contributed by atoms with van der Waals surface area (Å²) in [5, 5.41) is 0. The minimum atomic E-state index is -1.59. The molecule has 1 atom stereocenters. The SMILES string of the molecule is CC(=O)OC(N1CCCC1)C(Cl)(Cl)Cl. The third-order valence-corrected chi connectivity index (χ3v) is 2.59. The van der Waals surface area contributed by atoms with Gasteiger partial charge in [0.1, 0.15) is 0 Å². The van der Waals surface area contributed by atoms with Gasteiger partial charge in [-0.1, -0.05) is 34.8 Å². The Morgan fingerprint density at radius 2 is 1.86 bits per heavy atom. The molecule has 1 fully saturated rings. The molecule has 0 bridgehead atoms. The van der Waals surface area contributed by atoms with Crippen LogP contribution in [0.5, 0.6) is 0 Å². The number of ether oxygens (including phenoxy) is 1. The monoisotopic (exact) mass is 259 g/mol. The van der Waals surface area contributed by atoms with Gasteiger partial charge in [-0.15, -0.1) is 0 Å². The van der Waals surface area contributed by atoms with Gasteiger partial charge in [-0.05, 0) is 12.8 Å². The second kappa shape index (κ2) is 4.88. The highest BCUT2D eigenvalue weighted by molar-refractivity contribution is 6.68. The molecule has 0 aliphatic carbocycles. The fourth-order valence-corrected chi connectivity index (χ4v) is 2.03. The van der Waals surface area contributed by atoms with Crippen LogP contribution in [0.3, 0.4) is 0 Å². The number of esters is 1. The summed E-state index contributed by atoms with van der Waals surface area (Å²) in [4.78, 5) is 12.7. The third kappa shape index (κ3) is 3.46. The predicted octanol–water partition coefficient (Wildman–Crippen LogP) is 2.34. The number of likely N-dealkylation sites (tertiary alicyclic amines) is 1. The zero-order valence-corrected chi connectivity index (χ0v) is 10.1. The smallest absolute Gasteiger partial charge is 0.304 e. The van der Waals surface area contributed by atoms with Crippen molar-refractivity contribution in [2.24, 2.45) is 0 Å². The summed E-state index contributed by atoms with van der Waals surface area (Å²) in [6, 6.07) is 0. The van der Waals surface area contributed by atoms with Gasteiger partial charge in [0, 0.05) is 20.0 Å². The molecule has 1 rings (SSSR count). The standard InChI is InChI=1S/C8H12Cl3NO2/c1-6(13)14-7(8(9,10)11)12-4-2-3-5-12/h7H,2-5H2,1H3. The second-order valence-corrected chi connectivity index (χ2v) is 5.62. The Labute approximate surface area is 98.2 Å². The van der Waals surface area contributed by atoms with Gasteiger partial charge < -0.3 is 4.74 Å². The van der Waals surface area contributed by atoms with Gasteiger partial charge in [0.15, 0.2) is 0 Å². The van der Waals surface area contributed by atoms with Crippen molar-refractivity contribution >= 4 is 40.8 Å². The van der Waals surface area contributed by atoms with Crippen molar-refractivity contribution in [1.82, 2.24) is 4.90 Å². The zero-order valence-electron chi connectivity index (χ0n) is 7.80. The molecule has 0 aromatic rings. The fraction of sp³-hybridized carbons (Fsp3) is 0.875. The van der Waals surface area contributed by atoms with E-state index in [0.29, 0.717) is 0 Å². The first-order chi connectivity index (χ1) is 6.41. The van der Waals surface area contributed by atoms with E-state index in [1.807, 2.05) is 4.90 Å². The number of carbonyl (C=O) groups is 1. The van der Waals surface area contributed by atoms with Crippen LogP contribution in [0.2, 0.25) is 0 Å². The molecule has 3 nitrogen and oxygen atoms in total. The van der Waals surface area contributed by atoms with E-state index in [2.05, 4.69) is 0 Å². The average molecular weight is 261 g/mol. The van der Waals surface area contributed by atoms with E-state index < -0.39 is 16.0 Å². The lowest BCUT2D eigenvalue weighted by molar-refractivity contribution is -0.155. The van der Waals surface area contributed by atoms with Crippen molar-refractivity contribution in [3.63, 3.8) is 0 Å². The molecular formula is C8H12Cl3NO2. The highest BCUT2D eigenvalue weighted by Gasteiger charge is 2.40. The quantitative estimate of drug-likeness (QED) is 0.564. The molecule has 0 N–H and O–H groups in total. The van der Waals surface area contributed by atoms with Crippen molar-refractivity contribution < 1.29 is 9.53 Å². The Hall–Kier alpha value is 0.300. The number of alkyl halides is 3. The van der Waals surface area contributed by atoms with E-state index in [1.165, 1.54) is 6.92 Å². The van der Waals surface area contributed by atoms with Crippen molar-refractivity contribution in [3.8, 4) is 0 Å². The number of nitrogens with zero attached hydrogens (tertiary/aromatic N) is 1. The van der Waals surface area contributed by atoms with Crippen LogP contribution >= 0.6 is 34.8 Å². The number of hydrogen-bond acceptors (Lipinski definition) is 3. The van der Waals surface area contributed by atoms with Crippen LogP contribution in [0.1, 0.15) is 19.8 Å². The molecule has 0 saturated carbocycles. The van der Waals surface area contributed by atoms with Crippen LogP contribution in [0.25, 0.3) is 0 Å². The van der Waals surface area contributed by atoms with Crippen molar-refractivity contribution in [2.45, 2.75) is 29.8 Å². The maximum absolute atomic E-state index is 10.8. The lowest BCUT2D eigenvalue weighted by Gasteiger charge is -2.31. The lowest BCUT2D eigenvalue weighted by atomic mass is 10.4. The predicted molar refractivity (Wildman–Crippen MR) is 56.7 cm³/mol. The minimum absolute atomic E-state index is 0.437. The van der Waals surface area contributed by atoms with E-state index in [4.69, 9.17) is 39.5 Å². The molecule has 0 aromatic carbocycles. The Bertz CT molecular complexity index is 211. The van der Waals surface area contributed by atoms with E-state index >= 15 is 0 Å². The molecule has 1 unspecified atom stereocenters. The first-order valence-electron chi connectivity index (χ1n) is 4.39. The summed E-state index contributed by atoms with van der Waals surface area (Å²) in [7, 11) is 0. The van der Waals surface area contributed by atoms with Gasteiger partial charge in [0.25, 0.3) is 0 Å². The largest absolute Gasteiger partial charge is 0.442 e. The molecule has 14 heavy (non-hydrogen) atoms. The minimum Gasteiger partial charge on any atom is -0.442 e. The van der Waals surface area contributed by atoms with Crippen LogP contribution in [-0.2, 0) is 9.53 Å². The summed E-state index contributed by atoms with van der Waals surface area (Å²) in [5.74, 6) is -0.437. The Morgan fingerprint density at radius 3 is 2.21 bits per heavy atom. The van der Waals surface area contributed by atoms with Crippen LogP contribution in [0.15, 0.2) is 0 Å². The van der Waals surface area contributed by atoms with Gasteiger partial charge in [-0.2, -0.15) is 0 Å². The van der Waals surface area contributed by atoms with Gasteiger partial charge in [-0.3, -0.25) is 9.69 Å². The van der Waals surface area contributed by atoms with Gasteiger partial charge in [0.2, 0.25) is 10.0 Å². The van der Waals surface area contributed by atoms with Gasteiger partial charge in [0.05, 0.1) is 0 Å². The molecule has 0 amide bonds. The molecule has 0 aromatic heterocycles. The maximum Gasteiger partial charge on any atom is 0.304 e. The Balaban J connectivity index is 2.65. The normalized spacial score (nSPS) is 20.9. The highest BCUT2D eigenvalue weighted by atomic mass is 35.6. The number of rotatable bonds is 2. The number of halogens is 3. The summed E-state index contributed by atoms with van der Waals surface area (Å²) >= 11 is 17.2. The Morgan fingerprint density at radius 1 is 1.36 bits per heavy atom. The summed E-state index contributed by atoms with van der Waals surface area (Å²) in [5.41, 5.74) is 0. The third-order valence-electron chi connectivity index (χ3n) is 2.03. The molecule has 1 saturated heterocycles. The van der Waals surface area contributed by atoms with E-state index in [0.717, 1.165) is 25.9 Å². The van der Waals surface area contributed by atoms with Crippen LogP contribution in [-0.4, -0.2) is 34.0 Å². The highest BCUT2D eigenvalue weighted by Crippen LogP contribution is 2.35. The van der Waals surface area contributed by atoms with Crippen molar-refractivity contribution in [1.29, 1.82) is 0 Å². The molecule has 0 radical (unpaired) electrons. The molecular weight excluding hydrogens is 248 g/mol.